The van der Waals surface area contributed by atoms with Gasteiger partial charge in [0.05, 0.1) is 5.52 Å². The van der Waals surface area contributed by atoms with Crippen LogP contribution < -0.4 is 5.32 Å². The van der Waals surface area contributed by atoms with E-state index in [0.717, 1.165) is 12.1 Å². The number of anilines is 1. The maximum absolute atomic E-state index is 4.18. The molecule has 0 atom stereocenters. The van der Waals surface area contributed by atoms with Crippen molar-refractivity contribution in [2.45, 2.75) is 6.42 Å². The minimum absolute atomic E-state index is 1.06. The molecule has 112 valence electrons. The molecule has 1 aromatic heterocycles. The smallest absolute Gasteiger partial charge is 0.0701 e. The Morgan fingerprint density at radius 1 is 0.739 bits per heavy atom. The summed E-state index contributed by atoms with van der Waals surface area (Å²) < 4.78 is 0. The third kappa shape index (κ3) is 2.76. The average Bonchev–Trinajstić information content (AvgIpc) is 3.12. The number of pyridine rings is 1. The van der Waals surface area contributed by atoms with Crippen LogP contribution in [0, 0.1) is 0 Å². The van der Waals surface area contributed by atoms with Gasteiger partial charge in [-0.1, -0.05) is 60.7 Å². The Hall–Kier alpha value is -2.87. The summed E-state index contributed by atoms with van der Waals surface area (Å²) in [5.74, 6) is 0. The fourth-order valence-corrected chi connectivity index (χ4v) is 3.07. The second kappa shape index (κ2) is 6.09. The lowest BCUT2D eigenvalue weighted by molar-refractivity contribution is 1.11. The Labute approximate surface area is 135 Å². The molecular formula is C21H18N2. The number of para-hydroxylation sites is 1. The number of fused-ring (bicyclic) bond motifs is 4. The third-order valence-corrected chi connectivity index (χ3v) is 4.22. The van der Waals surface area contributed by atoms with Gasteiger partial charge in [-0.05, 0) is 29.5 Å². The highest BCUT2D eigenvalue weighted by Crippen LogP contribution is 2.30. The molecular weight excluding hydrogens is 280 g/mol. The molecule has 4 aromatic rings. The van der Waals surface area contributed by atoms with Gasteiger partial charge in [-0.15, -0.1) is 0 Å². The predicted molar refractivity (Wildman–Crippen MR) is 97.9 cm³/mol. The Balaban J connectivity index is 0.000000122. The topological polar surface area (TPSA) is 24.9 Å². The van der Waals surface area contributed by atoms with Crippen molar-refractivity contribution in [2.75, 3.05) is 11.9 Å². The van der Waals surface area contributed by atoms with Crippen LogP contribution in [-0.2, 0) is 6.42 Å². The van der Waals surface area contributed by atoms with Gasteiger partial charge in [0.15, 0.2) is 0 Å². The van der Waals surface area contributed by atoms with Gasteiger partial charge < -0.3 is 5.32 Å². The van der Waals surface area contributed by atoms with Gasteiger partial charge in [0.25, 0.3) is 0 Å². The number of benzene rings is 3. The molecule has 0 saturated carbocycles. The van der Waals surface area contributed by atoms with Gasteiger partial charge in [-0.3, -0.25) is 4.98 Å². The summed E-state index contributed by atoms with van der Waals surface area (Å²) in [5.41, 5.74) is 3.86. The lowest BCUT2D eigenvalue weighted by atomic mass is 10.0. The van der Waals surface area contributed by atoms with E-state index < -0.39 is 0 Å². The minimum Gasteiger partial charge on any atom is -0.384 e. The summed E-state index contributed by atoms with van der Waals surface area (Å²) in [6.07, 6.45) is 2.97. The van der Waals surface area contributed by atoms with Gasteiger partial charge in [0.1, 0.15) is 0 Å². The van der Waals surface area contributed by atoms with Gasteiger partial charge in [0.2, 0.25) is 0 Å². The van der Waals surface area contributed by atoms with Gasteiger partial charge in [-0.25, -0.2) is 0 Å². The lowest BCUT2D eigenvalue weighted by Crippen LogP contribution is -1.91. The SMILES string of the molecule is c1ccc2c3c(ccc2c1)CCN3.c1ccc2ncccc2c1. The molecule has 3 aromatic carbocycles. The largest absolute Gasteiger partial charge is 0.384 e. The molecule has 5 rings (SSSR count). The van der Waals surface area contributed by atoms with Crippen LogP contribution in [0.1, 0.15) is 5.56 Å². The number of nitrogens with zero attached hydrogens (tertiary/aromatic N) is 1. The summed E-state index contributed by atoms with van der Waals surface area (Å²) >= 11 is 0. The van der Waals surface area contributed by atoms with Crippen molar-refractivity contribution < 1.29 is 0 Å². The highest BCUT2D eigenvalue weighted by molar-refractivity contribution is 5.96. The summed E-state index contributed by atoms with van der Waals surface area (Å²) in [7, 11) is 0. The lowest BCUT2D eigenvalue weighted by Gasteiger charge is -2.04. The fraction of sp³-hybridized carbons (Fsp3) is 0.0952. The van der Waals surface area contributed by atoms with E-state index in [1.165, 1.54) is 33.8 Å². The highest BCUT2D eigenvalue weighted by atomic mass is 14.9. The molecule has 0 unspecified atom stereocenters. The highest BCUT2D eigenvalue weighted by Gasteiger charge is 2.11. The molecule has 1 N–H and O–H groups in total. The maximum Gasteiger partial charge on any atom is 0.0701 e. The summed E-state index contributed by atoms with van der Waals surface area (Å²) in [6, 6.07) is 25.1. The first-order chi connectivity index (χ1) is 11.4. The van der Waals surface area contributed by atoms with Crippen LogP contribution in [0.4, 0.5) is 5.69 Å². The number of rotatable bonds is 0. The number of nitrogens with one attached hydrogen (secondary N) is 1. The Bertz CT molecular complexity index is 894. The van der Waals surface area contributed by atoms with Crippen LogP contribution in [-0.4, -0.2) is 11.5 Å². The van der Waals surface area contributed by atoms with E-state index in [1.807, 2.05) is 30.5 Å². The molecule has 0 amide bonds. The van der Waals surface area contributed by atoms with Crippen molar-refractivity contribution in [1.29, 1.82) is 0 Å². The van der Waals surface area contributed by atoms with Crippen molar-refractivity contribution in [2.24, 2.45) is 0 Å². The molecule has 0 radical (unpaired) electrons. The van der Waals surface area contributed by atoms with Crippen LogP contribution in [0.15, 0.2) is 79.0 Å². The van der Waals surface area contributed by atoms with E-state index in [-0.39, 0.29) is 0 Å². The van der Waals surface area contributed by atoms with Crippen molar-refractivity contribution in [3.05, 3.63) is 84.6 Å². The molecule has 2 heteroatoms. The molecule has 23 heavy (non-hydrogen) atoms. The normalized spacial score (nSPS) is 12.3. The molecule has 0 spiro atoms. The maximum atomic E-state index is 4.18. The molecule has 0 saturated heterocycles. The van der Waals surface area contributed by atoms with Crippen molar-refractivity contribution in [3.63, 3.8) is 0 Å². The first-order valence-corrected chi connectivity index (χ1v) is 7.96. The van der Waals surface area contributed by atoms with E-state index in [0.29, 0.717) is 0 Å². The number of hydrogen-bond acceptors (Lipinski definition) is 2. The van der Waals surface area contributed by atoms with Gasteiger partial charge >= 0.3 is 0 Å². The predicted octanol–water partition coefficient (Wildman–Crippen LogP) is 5.04. The monoisotopic (exact) mass is 298 g/mol. The standard InChI is InChI=1S/C12H11N.C9H7N/c1-2-4-11-9(3-1)5-6-10-7-8-13-12(10)11;1-2-6-9-8(4-1)5-3-7-10-9/h1-6,13H,7-8H2;1-7H. The van der Waals surface area contributed by atoms with Crippen LogP contribution in [0.2, 0.25) is 0 Å². The zero-order valence-corrected chi connectivity index (χ0v) is 12.9. The van der Waals surface area contributed by atoms with Crippen molar-refractivity contribution in [1.82, 2.24) is 4.98 Å². The first kappa shape index (κ1) is 13.8. The zero-order valence-electron chi connectivity index (χ0n) is 12.9. The minimum atomic E-state index is 1.06. The van der Waals surface area contributed by atoms with E-state index in [1.54, 1.807) is 0 Å². The molecule has 2 heterocycles. The van der Waals surface area contributed by atoms with Gasteiger partial charge in [0, 0.05) is 29.2 Å². The van der Waals surface area contributed by atoms with E-state index in [4.69, 9.17) is 0 Å². The van der Waals surface area contributed by atoms with Crippen LogP contribution in [0.25, 0.3) is 21.7 Å². The molecule has 0 bridgehead atoms. The van der Waals surface area contributed by atoms with Crippen LogP contribution in [0.3, 0.4) is 0 Å². The van der Waals surface area contributed by atoms with Gasteiger partial charge in [-0.2, -0.15) is 0 Å². The Morgan fingerprint density at radius 3 is 2.43 bits per heavy atom. The molecule has 0 aliphatic carbocycles. The fourth-order valence-electron chi connectivity index (χ4n) is 3.07. The van der Waals surface area contributed by atoms with Crippen molar-refractivity contribution in [3.8, 4) is 0 Å². The molecule has 2 nitrogen and oxygen atoms in total. The Kier molecular flexibility index (Phi) is 3.65. The summed E-state index contributed by atoms with van der Waals surface area (Å²) in [5, 5.41) is 7.33. The molecule has 1 aliphatic rings. The summed E-state index contributed by atoms with van der Waals surface area (Å²) in [6.45, 7) is 1.09. The molecule has 0 fully saturated rings. The van der Waals surface area contributed by atoms with E-state index in [2.05, 4.69) is 58.8 Å². The third-order valence-electron chi connectivity index (χ3n) is 4.22. The molecule has 1 aliphatic heterocycles. The number of hydrogen-bond donors (Lipinski definition) is 1. The van der Waals surface area contributed by atoms with Crippen molar-refractivity contribution >= 4 is 27.4 Å². The number of aromatic nitrogens is 1. The van der Waals surface area contributed by atoms with Crippen LogP contribution in [0.5, 0.6) is 0 Å². The van der Waals surface area contributed by atoms with E-state index >= 15 is 0 Å². The second-order valence-electron chi connectivity index (χ2n) is 5.69. The summed E-state index contributed by atoms with van der Waals surface area (Å²) in [4.78, 5) is 4.18. The van der Waals surface area contributed by atoms with Crippen LogP contribution >= 0.6 is 0 Å². The average molecular weight is 298 g/mol. The second-order valence-corrected chi connectivity index (χ2v) is 5.69. The Morgan fingerprint density at radius 2 is 1.52 bits per heavy atom. The van der Waals surface area contributed by atoms with E-state index in [9.17, 15) is 0 Å². The first-order valence-electron chi connectivity index (χ1n) is 7.96. The zero-order chi connectivity index (χ0) is 15.5. The quantitative estimate of drug-likeness (QED) is 0.492.